The minimum atomic E-state index is 0.126. The fourth-order valence-corrected chi connectivity index (χ4v) is 2.03. The third-order valence-electron chi connectivity index (χ3n) is 3.00. The summed E-state index contributed by atoms with van der Waals surface area (Å²) < 4.78 is 7.86. The van der Waals surface area contributed by atoms with Gasteiger partial charge in [0.05, 0.1) is 19.2 Å². The van der Waals surface area contributed by atoms with Crippen molar-refractivity contribution in [3.8, 4) is 0 Å². The predicted molar refractivity (Wildman–Crippen MR) is 67.8 cm³/mol. The lowest BCUT2D eigenvalue weighted by Crippen LogP contribution is -2.36. The smallest absolute Gasteiger partial charge is 0.122 e. The van der Waals surface area contributed by atoms with Gasteiger partial charge in [-0.25, -0.2) is 4.98 Å². The van der Waals surface area contributed by atoms with E-state index in [4.69, 9.17) is 4.74 Å². The molecule has 0 aromatic carbocycles. The maximum absolute atomic E-state index is 5.66. The van der Waals surface area contributed by atoms with Crippen LogP contribution in [0.4, 0.5) is 0 Å². The molecule has 17 heavy (non-hydrogen) atoms. The van der Waals surface area contributed by atoms with E-state index in [-0.39, 0.29) is 5.54 Å². The van der Waals surface area contributed by atoms with E-state index in [1.165, 1.54) is 12.8 Å². The number of nitrogens with zero attached hydrogens (tertiary/aromatic N) is 2. The second-order valence-electron chi connectivity index (χ2n) is 5.73. The van der Waals surface area contributed by atoms with E-state index >= 15 is 0 Å². The summed E-state index contributed by atoms with van der Waals surface area (Å²) in [6.07, 6.45) is 6.65. The molecule has 2 heterocycles. The molecule has 4 nitrogen and oxygen atoms in total. The highest BCUT2D eigenvalue weighted by molar-refractivity contribution is 4.94. The molecule has 0 aliphatic carbocycles. The van der Waals surface area contributed by atoms with Gasteiger partial charge in [0, 0.05) is 24.5 Å². The number of imidazole rings is 1. The Hall–Kier alpha value is -0.870. The highest BCUT2D eigenvalue weighted by atomic mass is 16.5. The van der Waals surface area contributed by atoms with Crippen LogP contribution in [0.3, 0.4) is 0 Å². The van der Waals surface area contributed by atoms with Gasteiger partial charge >= 0.3 is 0 Å². The van der Waals surface area contributed by atoms with Crippen molar-refractivity contribution in [2.75, 3.05) is 6.61 Å². The Morgan fingerprint density at radius 3 is 3.00 bits per heavy atom. The first kappa shape index (κ1) is 12.6. The molecular weight excluding hydrogens is 214 g/mol. The van der Waals surface area contributed by atoms with E-state index in [2.05, 4.69) is 35.6 Å². The second kappa shape index (κ2) is 5.19. The molecular formula is C13H23N3O. The van der Waals surface area contributed by atoms with Gasteiger partial charge in [-0.15, -0.1) is 0 Å². The van der Waals surface area contributed by atoms with Gasteiger partial charge < -0.3 is 14.6 Å². The fourth-order valence-electron chi connectivity index (χ4n) is 2.03. The Morgan fingerprint density at radius 1 is 1.53 bits per heavy atom. The standard InChI is InChI=1S/C13H23N3O/c1-13(2,3)15-9-12-14-6-7-16(12)10-11-5-4-8-17-11/h6-7,11,15H,4-5,8-10H2,1-3H3. The van der Waals surface area contributed by atoms with Crippen LogP contribution >= 0.6 is 0 Å². The van der Waals surface area contributed by atoms with Crippen LogP contribution in [-0.4, -0.2) is 27.8 Å². The summed E-state index contributed by atoms with van der Waals surface area (Å²) in [6.45, 7) is 9.15. The summed E-state index contributed by atoms with van der Waals surface area (Å²) in [7, 11) is 0. The molecule has 0 amide bonds. The normalized spacial score (nSPS) is 21.0. The quantitative estimate of drug-likeness (QED) is 0.870. The molecule has 96 valence electrons. The van der Waals surface area contributed by atoms with Gasteiger partial charge in [0.15, 0.2) is 0 Å². The lowest BCUT2D eigenvalue weighted by molar-refractivity contribution is 0.0961. The van der Waals surface area contributed by atoms with Crippen LogP contribution in [0.1, 0.15) is 39.4 Å². The van der Waals surface area contributed by atoms with Crippen molar-refractivity contribution in [3.63, 3.8) is 0 Å². The maximum Gasteiger partial charge on any atom is 0.122 e. The second-order valence-corrected chi connectivity index (χ2v) is 5.73. The molecule has 1 unspecified atom stereocenters. The Morgan fingerprint density at radius 2 is 2.35 bits per heavy atom. The van der Waals surface area contributed by atoms with E-state index in [0.717, 1.165) is 25.5 Å². The first-order chi connectivity index (χ1) is 8.04. The van der Waals surface area contributed by atoms with Gasteiger partial charge in [0.2, 0.25) is 0 Å². The van der Waals surface area contributed by atoms with E-state index in [0.29, 0.717) is 6.10 Å². The van der Waals surface area contributed by atoms with Crippen molar-refractivity contribution in [2.24, 2.45) is 0 Å². The Labute approximate surface area is 103 Å². The predicted octanol–water partition coefficient (Wildman–Crippen LogP) is 1.95. The summed E-state index contributed by atoms with van der Waals surface area (Å²) in [5, 5.41) is 3.47. The van der Waals surface area contributed by atoms with Gasteiger partial charge in [-0.1, -0.05) is 0 Å². The monoisotopic (exact) mass is 237 g/mol. The summed E-state index contributed by atoms with van der Waals surface area (Å²) in [6, 6.07) is 0. The Balaban J connectivity index is 1.91. The van der Waals surface area contributed by atoms with Crippen molar-refractivity contribution in [1.29, 1.82) is 0 Å². The minimum absolute atomic E-state index is 0.126. The molecule has 4 heteroatoms. The summed E-state index contributed by atoms with van der Waals surface area (Å²) in [5.41, 5.74) is 0.126. The third-order valence-corrected chi connectivity index (χ3v) is 3.00. The van der Waals surface area contributed by atoms with Gasteiger partial charge in [0.25, 0.3) is 0 Å². The lowest BCUT2D eigenvalue weighted by atomic mass is 10.1. The average molecular weight is 237 g/mol. The summed E-state index contributed by atoms with van der Waals surface area (Å²) in [4.78, 5) is 4.41. The number of ether oxygens (including phenoxy) is 1. The highest BCUT2D eigenvalue weighted by Gasteiger charge is 2.17. The average Bonchev–Trinajstić information content (AvgIpc) is 2.86. The fraction of sp³-hybridized carbons (Fsp3) is 0.769. The molecule has 0 saturated carbocycles. The maximum atomic E-state index is 5.66. The van der Waals surface area contributed by atoms with Gasteiger partial charge in [-0.3, -0.25) is 0 Å². The van der Waals surface area contributed by atoms with Crippen LogP contribution in [-0.2, 0) is 17.8 Å². The minimum Gasteiger partial charge on any atom is -0.376 e. The van der Waals surface area contributed by atoms with Crippen molar-refractivity contribution < 1.29 is 4.74 Å². The number of hydrogen-bond donors (Lipinski definition) is 1. The zero-order valence-corrected chi connectivity index (χ0v) is 11.1. The van der Waals surface area contributed by atoms with Crippen molar-refractivity contribution in [2.45, 2.75) is 58.3 Å². The first-order valence-corrected chi connectivity index (χ1v) is 6.41. The largest absolute Gasteiger partial charge is 0.376 e. The van der Waals surface area contributed by atoms with Crippen molar-refractivity contribution in [3.05, 3.63) is 18.2 Å². The third kappa shape index (κ3) is 3.82. The first-order valence-electron chi connectivity index (χ1n) is 6.41. The summed E-state index contributed by atoms with van der Waals surface area (Å²) in [5.74, 6) is 1.09. The van der Waals surface area contributed by atoms with Crippen LogP contribution < -0.4 is 5.32 Å². The topological polar surface area (TPSA) is 39.1 Å². The number of hydrogen-bond acceptors (Lipinski definition) is 3. The van der Waals surface area contributed by atoms with E-state index in [1.54, 1.807) is 0 Å². The molecule has 1 N–H and O–H groups in total. The highest BCUT2D eigenvalue weighted by Crippen LogP contribution is 2.15. The summed E-state index contributed by atoms with van der Waals surface area (Å²) >= 11 is 0. The molecule has 0 bridgehead atoms. The molecule has 1 aromatic rings. The van der Waals surface area contributed by atoms with E-state index < -0.39 is 0 Å². The van der Waals surface area contributed by atoms with Gasteiger partial charge in [-0.2, -0.15) is 0 Å². The van der Waals surface area contributed by atoms with E-state index in [1.807, 2.05) is 12.4 Å². The van der Waals surface area contributed by atoms with Crippen LogP contribution in [0.2, 0.25) is 0 Å². The van der Waals surface area contributed by atoms with Crippen LogP contribution in [0.25, 0.3) is 0 Å². The van der Waals surface area contributed by atoms with Gasteiger partial charge in [0.1, 0.15) is 5.82 Å². The van der Waals surface area contributed by atoms with Crippen LogP contribution in [0.15, 0.2) is 12.4 Å². The number of aromatic nitrogens is 2. The zero-order chi connectivity index (χ0) is 12.3. The molecule has 1 fully saturated rings. The van der Waals surface area contributed by atoms with Gasteiger partial charge in [-0.05, 0) is 33.6 Å². The molecule has 1 aromatic heterocycles. The number of nitrogens with one attached hydrogen (secondary N) is 1. The molecule has 1 aliphatic heterocycles. The molecule has 2 rings (SSSR count). The Kier molecular flexibility index (Phi) is 3.84. The van der Waals surface area contributed by atoms with Crippen LogP contribution in [0, 0.1) is 0 Å². The molecule has 1 aliphatic rings. The van der Waals surface area contributed by atoms with Crippen LogP contribution in [0.5, 0.6) is 0 Å². The van der Waals surface area contributed by atoms with Crippen molar-refractivity contribution in [1.82, 2.24) is 14.9 Å². The SMILES string of the molecule is CC(C)(C)NCc1nccn1CC1CCCO1. The molecule has 0 radical (unpaired) electrons. The molecule has 1 saturated heterocycles. The Bertz CT molecular complexity index is 348. The number of rotatable bonds is 4. The molecule has 1 atom stereocenters. The zero-order valence-electron chi connectivity index (χ0n) is 11.1. The lowest BCUT2D eigenvalue weighted by Gasteiger charge is -2.21. The molecule has 0 spiro atoms. The van der Waals surface area contributed by atoms with Crippen molar-refractivity contribution >= 4 is 0 Å². The van der Waals surface area contributed by atoms with E-state index in [9.17, 15) is 0 Å².